The van der Waals surface area contributed by atoms with Gasteiger partial charge in [0.2, 0.25) is 0 Å². The van der Waals surface area contributed by atoms with Crippen LogP contribution in [0.3, 0.4) is 0 Å². The van der Waals surface area contributed by atoms with Crippen LogP contribution in [-0.4, -0.2) is 16.0 Å². The second kappa shape index (κ2) is 5.97. The van der Waals surface area contributed by atoms with Crippen LogP contribution in [0.25, 0.3) is 0 Å². The molecule has 3 heteroatoms. The number of hydrogen-bond donors (Lipinski definition) is 2. The van der Waals surface area contributed by atoms with Gasteiger partial charge < -0.3 is 10.2 Å². The number of phenolic OH excluding ortho intramolecular Hbond substituents is 2. The molecule has 0 aromatic heterocycles. The minimum atomic E-state index is -0.258. The van der Waals surface area contributed by atoms with E-state index < -0.39 is 0 Å². The second-order valence-electron chi connectivity index (χ2n) is 8.29. The summed E-state index contributed by atoms with van der Waals surface area (Å²) in [5.41, 5.74) is 2.02. The van der Waals surface area contributed by atoms with Gasteiger partial charge in [0.05, 0.1) is 0 Å². The van der Waals surface area contributed by atoms with E-state index >= 15 is 0 Å². The number of carbonyl (C=O) groups excluding carboxylic acids is 1. The quantitative estimate of drug-likeness (QED) is 0.770. The maximum absolute atomic E-state index is 12.9. The van der Waals surface area contributed by atoms with Gasteiger partial charge in [0.25, 0.3) is 0 Å². The molecule has 2 N–H and O–H groups in total. The molecule has 0 radical (unpaired) electrons. The highest BCUT2D eigenvalue weighted by atomic mass is 16.3. The second-order valence-corrected chi connectivity index (χ2v) is 8.29. The van der Waals surface area contributed by atoms with E-state index in [9.17, 15) is 15.0 Å². The Bertz CT molecular complexity index is 709. The lowest BCUT2D eigenvalue weighted by molar-refractivity contribution is 0.103. The number of hydrogen-bond acceptors (Lipinski definition) is 3. The van der Waals surface area contributed by atoms with Crippen LogP contribution < -0.4 is 0 Å². The van der Waals surface area contributed by atoms with Crippen molar-refractivity contribution >= 4 is 5.78 Å². The molecule has 0 saturated heterocycles. The predicted molar refractivity (Wildman–Crippen MR) is 97.0 cm³/mol. The van der Waals surface area contributed by atoms with E-state index in [0.717, 1.165) is 11.1 Å². The van der Waals surface area contributed by atoms with Crippen molar-refractivity contribution in [3.63, 3.8) is 0 Å². The van der Waals surface area contributed by atoms with Crippen LogP contribution in [0.5, 0.6) is 11.5 Å². The van der Waals surface area contributed by atoms with E-state index in [4.69, 9.17) is 0 Å². The first-order valence-electron chi connectivity index (χ1n) is 8.13. The summed E-state index contributed by atoms with van der Waals surface area (Å²) < 4.78 is 0. The number of ketones is 1. The third kappa shape index (κ3) is 3.61. The van der Waals surface area contributed by atoms with Gasteiger partial charge in [-0.25, -0.2) is 0 Å². The van der Waals surface area contributed by atoms with Gasteiger partial charge in [-0.1, -0.05) is 41.5 Å². The van der Waals surface area contributed by atoms with E-state index in [-0.39, 0.29) is 28.1 Å². The van der Waals surface area contributed by atoms with Crippen LogP contribution in [0.1, 0.15) is 68.6 Å². The van der Waals surface area contributed by atoms with Crippen molar-refractivity contribution in [1.82, 2.24) is 0 Å². The highest BCUT2D eigenvalue weighted by molar-refractivity contribution is 6.09. The molecule has 0 atom stereocenters. The molecule has 2 aromatic rings. The monoisotopic (exact) mass is 326 g/mol. The predicted octanol–water partition coefficient (Wildman–Crippen LogP) is 4.92. The van der Waals surface area contributed by atoms with Crippen LogP contribution in [-0.2, 0) is 10.8 Å². The average Bonchev–Trinajstić information content (AvgIpc) is 2.45. The normalized spacial score (nSPS) is 12.2. The highest BCUT2D eigenvalue weighted by Gasteiger charge is 2.23. The van der Waals surface area contributed by atoms with Gasteiger partial charge in [-0.2, -0.15) is 0 Å². The van der Waals surface area contributed by atoms with Crippen molar-refractivity contribution in [2.75, 3.05) is 0 Å². The van der Waals surface area contributed by atoms with Gasteiger partial charge in [0.1, 0.15) is 11.5 Å². The number of phenols is 2. The standard InChI is InChI=1S/C21H26O3/c1-20(2,3)15-11-13(7-9-17(15)22)19(24)14-8-10-18(23)16(12-14)21(4,5)6/h7-12,22-23H,1-6H3. The molecule has 0 bridgehead atoms. The summed E-state index contributed by atoms with van der Waals surface area (Å²) in [6, 6.07) is 9.91. The Morgan fingerprint density at radius 3 is 1.33 bits per heavy atom. The minimum Gasteiger partial charge on any atom is -0.508 e. The molecule has 0 aliphatic heterocycles. The van der Waals surface area contributed by atoms with Gasteiger partial charge in [0, 0.05) is 11.1 Å². The zero-order valence-electron chi connectivity index (χ0n) is 15.3. The van der Waals surface area contributed by atoms with Gasteiger partial charge in [-0.15, -0.1) is 0 Å². The Morgan fingerprint density at radius 2 is 1.04 bits per heavy atom. The third-order valence-electron chi connectivity index (χ3n) is 4.13. The molecular formula is C21H26O3. The van der Waals surface area contributed by atoms with Crippen molar-refractivity contribution in [2.24, 2.45) is 0 Å². The number of carbonyl (C=O) groups is 1. The van der Waals surface area contributed by atoms with Crippen LogP contribution in [0.4, 0.5) is 0 Å². The summed E-state index contributed by atoms with van der Waals surface area (Å²) in [7, 11) is 0. The third-order valence-corrected chi connectivity index (χ3v) is 4.13. The fraction of sp³-hybridized carbons (Fsp3) is 0.381. The first kappa shape index (κ1) is 18.1. The molecule has 0 aliphatic carbocycles. The van der Waals surface area contributed by atoms with E-state index in [1.165, 1.54) is 0 Å². The molecular weight excluding hydrogens is 300 g/mol. The van der Waals surface area contributed by atoms with Gasteiger partial charge in [0.15, 0.2) is 5.78 Å². The lowest BCUT2D eigenvalue weighted by Gasteiger charge is -2.22. The topological polar surface area (TPSA) is 57.5 Å². The maximum Gasteiger partial charge on any atom is 0.193 e. The fourth-order valence-corrected chi connectivity index (χ4v) is 2.72. The number of benzene rings is 2. The summed E-state index contributed by atoms with van der Waals surface area (Å²) in [6.07, 6.45) is 0. The first-order chi connectivity index (χ1) is 10.9. The molecule has 0 spiro atoms. The summed E-state index contributed by atoms with van der Waals surface area (Å²) in [5.74, 6) is 0.270. The van der Waals surface area contributed by atoms with E-state index in [0.29, 0.717) is 11.1 Å². The van der Waals surface area contributed by atoms with E-state index in [1.54, 1.807) is 36.4 Å². The molecule has 2 rings (SSSR count). The van der Waals surface area contributed by atoms with E-state index in [2.05, 4.69) is 0 Å². The molecule has 2 aromatic carbocycles. The fourth-order valence-electron chi connectivity index (χ4n) is 2.72. The number of rotatable bonds is 2. The largest absolute Gasteiger partial charge is 0.508 e. The molecule has 0 aliphatic rings. The summed E-state index contributed by atoms with van der Waals surface area (Å²) in [6.45, 7) is 12.0. The van der Waals surface area contributed by atoms with Crippen molar-refractivity contribution in [2.45, 2.75) is 52.4 Å². The van der Waals surface area contributed by atoms with Gasteiger partial charge in [-0.05, 0) is 58.4 Å². The van der Waals surface area contributed by atoms with Gasteiger partial charge in [-0.3, -0.25) is 4.79 Å². The van der Waals surface area contributed by atoms with Crippen molar-refractivity contribution in [3.8, 4) is 11.5 Å². The van der Waals surface area contributed by atoms with Crippen LogP contribution in [0, 0.1) is 0 Å². The molecule has 128 valence electrons. The first-order valence-corrected chi connectivity index (χ1v) is 8.13. The van der Waals surface area contributed by atoms with Crippen LogP contribution in [0.2, 0.25) is 0 Å². The summed E-state index contributed by atoms with van der Waals surface area (Å²) in [4.78, 5) is 12.9. The van der Waals surface area contributed by atoms with Crippen LogP contribution in [0.15, 0.2) is 36.4 Å². The van der Waals surface area contributed by atoms with Crippen molar-refractivity contribution < 1.29 is 15.0 Å². The Kier molecular flexibility index (Phi) is 4.49. The van der Waals surface area contributed by atoms with Gasteiger partial charge >= 0.3 is 0 Å². The Morgan fingerprint density at radius 1 is 0.708 bits per heavy atom. The summed E-state index contributed by atoms with van der Waals surface area (Å²) in [5, 5.41) is 20.1. The molecule has 0 fully saturated rings. The lowest BCUT2D eigenvalue weighted by atomic mass is 9.83. The Hall–Kier alpha value is -2.29. The number of aromatic hydroxyl groups is 2. The average molecular weight is 326 g/mol. The van der Waals surface area contributed by atoms with Crippen molar-refractivity contribution in [3.05, 3.63) is 58.7 Å². The van der Waals surface area contributed by atoms with E-state index in [1.807, 2.05) is 41.5 Å². The van der Waals surface area contributed by atoms with Crippen LogP contribution >= 0.6 is 0 Å². The molecule has 24 heavy (non-hydrogen) atoms. The Balaban J connectivity index is 2.51. The molecule has 0 saturated carbocycles. The maximum atomic E-state index is 12.9. The molecule has 0 heterocycles. The lowest BCUT2D eigenvalue weighted by Crippen LogP contribution is -2.14. The molecule has 0 unspecified atom stereocenters. The highest BCUT2D eigenvalue weighted by Crippen LogP contribution is 2.34. The minimum absolute atomic E-state index is 0.119. The molecule has 3 nitrogen and oxygen atoms in total. The molecule has 0 amide bonds. The zero-order valence-corrected chi connectivity index (χ0v) is 15.3. The van der Waals surface area contributed by atoms with Crippen molar-refractivity contribution in [1.29, 1.82) is 0 Å². The Labute approximate surface area is 144 Å². The SMILES string of the molecule is CC(C)(C)c1cc(C(=O)c2ccc(O)c(C(C)(C)C)c2)ccc1O. The summed E-state index contributed by atoms with van der Waals surface area (Å²) >= 11 is 0. The zero-order chi connectivity index (χ0) is 18.3. The smallest absolute Gasteiger partial charge is 0.193 e.